The molecule has 3 heterocycles. The van der Waals surface area contributed by atoms with Gasteiger partial charge in [0.05, 0.1) is 12.2 Å². The number of pyridine rings is 1. The highest BCUT2D eigenvalue weighted by Gasteiger charge is 2.41. The van der Waals surface area contributed by atoms with Crippen LogP contribution in [0.25, 0.3) is 0 Å². The Morgan fingerprint density at radius 1 is 1.21 bits per heavy atom. The largest absolute Gasteiger partial charge is 0.487 e. The van der Waals surface area contributed by atoms with Crippen LogP contribution in [0.5, 0.6) is 17.4 Å². The van der Waals surface area contributed by atoms with Crippen molar-refractivity contribution < 1.29 is 19.0 Å². The lowest BCUT2D eigenvalue weighted by Crippen LogP contribution is -2.53. The Kier molecular flexibility index (Phi) is 6.51. The van der Waals surface area contributed by atoms with Gasteiger partial charge >= 0.3 is 0 Å². The smallest absolute Gasteiger partial charge is 0.252 e. The van der Waals surface area contributed by atoms with Crippen LogP contribution in [0.3, 0.4) is 0 Å². The maximum absolute atomic E-state index is 12.1. The summed E-state index contributed by atoms with van der Waals surface area (Å²) in [5, 5.41) is 2.78. The van der Waals surface area contributed by atoms with E-state index in [0.29, 0.717) is 24.6 Å². The van der Waals surface area contributed by atoms with Crippen LogP contribution in [-0.2, 0) is 11.2 Å². The van der Waals surface area contributed by atoms with Gasteiger partial charge in [0.1, 0.15) is 17.1 Å². The van der Waals surface area contributed by atoms with Crippen molar-refractivity contribution in [3.8, 4) is 17.4 Å². The van der Waals surface area contributed by atoms with E-state index in [1.165, 1.54) is 31.0 Å². The number of nitrogens with zero attached hydrogens (tertiary/aromatic N) is 2. The third-order valence-corrected chi connectivity index (χ3v) is 7.32. The highest BCUT2D eigenvalue weighted by molar-refractivity contribution is 5.93. The Balaban J connectivity index is 1.17. The predicted molar refractivity (Wildman–Crippen MR) is 125 cm³/mol. The molecule has 0 radical (unpaired) electrons. The minimum absolute atomic E-state index is 0.00314. The number of nitrogens with one attached hydrogen (secondary N) is 1. The highest BCUT2D eigenvalue weighted by atomic mass is 16.5. The van der Waals surface area contributed by atoms with Gasteiger partial charge in [-0.3, -0.25) is 4.79 Å². The molecule has 5 rings (SSSR count). The molecule has 1 spiro atoms. The standard InChI is InChI=1S/C26H33N3O4/c1-31-16-13-27-25(30)20-5-8-24(28-18-20)32-22-6-7-23-19(17-22)9-10-26(33-23)11-14-29(15-12-26)21-3-2-4-21/h5-8,17-18,21H,2-4,9-16H2,1H3,(H,27,30). The normalized spacial score (nSPS) is 19.9. The van der Waals surface area contributed by atoms with E-state index >= 15 is 0 Å². The molecule has 2 fully saturated rings. The van der Waals surface area contributed by atoms with E-state index in [1.54, 1.807) is 19.2 Å². The van der Waals surface area contributed by atoms with Crippen LogP contribution < -0.4 is 14.8 Å². The van der Waals surface area contributed by atoms with Gasteiger partial charge in [-0.2, -0.15) is 0 Å². The first kappa shape index (κ1) is 22.2. The fourth-order valence-electron chi connectivity index (χ4n) is 5.03. The molecular formula is C26H33N3O4. The van der Waals surface area contributed by atoms with Gasteiger partial charge in [0.2, 0.25) is 5.88 Å². The van der Waals surface area contributed by atoms with Gasteiger partial charge in [-0.05, 0) is 68.4 Å². The Bertz CT molecular complexity index is 966. The Labute approximate surface area is 195 Å². The summed E-state index contributed by atoms with van der Waals surface area (Å²) in [6, 6.07) is 10.3. The lowest BCUT2D eigenvalue weighted by molar-refractivity contribution is -0.0337. The van der Waals surface area contributed by atoms with Crippen LogP contribution in [0.15, 0.2) is 36.5 Å². The van der Waals surface area contributed by atoms with Crippen molar-refractivity contribution in [2.45, 2.75) is 56.6 Å². The van der Waals surface area contributed by atoms with Gasteiger partial charge in [-0.15, -0.1) is 0 Å². The first-order valence-electron chi connectivity index (χ1n) is 12.1. The molecule has 2 aliphatic heterocycles. The molecular weight excluding hydrogens is 418 g/mol. The maximum atomic E-state index is 12.1. The Morgan fingerprint density at radius 3 is 2.76 bits per heavy atom. The van der Waals surface area contributed by atoms with Crippen LogP contribution in [0.2, 0.25) is 0 Å². The molecule has 1 aliphatic carbocycles. The average molecular weight is 452 g/mol. The molecule has 0 atom stereocenters. The van der Waals surface area contributed by atoms with Gasteiger partial charge in [-0.25, -0.2) is 4.98 Å². The number of aromatic nitrogens is 1. The number of aryl methyl sites for hydroxylation is 1. The minimum Gasteiger partial charge on any atom is -0.487 e. The molecule has 1 amide bonds. The van der Waals surface area contributed by atoms with Gasteiger partial charge in [0, 0.05) is 45.0 Å². The molecule has 0 unspecified atom stereocenters. The summed E-state index contributed by atoms with van der Waals surface area (Å²) in [5.41, 5.74) is 1.68. The van der Waals surface area contributed by atoms with Gasteiger partial charge < -0.3 is 24.4 Å². The molecule has 1 saturated carbocycles. The molecule has 1 aromatic heterocycles. The van der Waals surface area contributed by atoms with E-state index < -0.39 is 0 Å². The lowest BCUT2D eigenvalue weighted by Gasteiger charge is -2.48. The summed E-state index contributed by atoms with van der Waals surface area (Å²) in [5.74, 6) is 2.00. The predicted octanol–water partition coefficient (Wildman–Crippen LogP) is 3.96. The number of amides is 1. The molecule has 176 valence electrons. The number of piperidine rings is 1. The fraction of sp³-hybridized carbons (Fsp3) is 0.538. The topological polar surface area (TPSA) is 72.9 Å². The van der Waals surface area contributed by atoms with Crippen molar-refractivity contribution >= 4 is 5.91 Å². The van der Waals surface area contributed by atoms with Crippen molar-refractivity contribution in [1.29, 1.82) is 0 Å². The van der Waals surface area contributed by atoms with Crippen LogP contribution >= 0.6 is 0 Å². The van der Waals surface area contributed by atoms with E-state index in [1.807, 2.05) is 12.1 Å². The number of ether oxygens (including phenoxy) is 3. The summed E-state index contributed by atoms with van der Waals surface area (Å²) in [7, 11) is 1.60. The van der Waals surface area contributed by atoms with E-state index in [0.717, 1.165) is 56.3 Å². The summed E-state index contributed by atoms with van der Waals surface area (Å²) in [6.07, 6.45) is 9.98. The van der Waals surface area contributed by atoms with Crippen LogP contribution in [0.1, 0.15) is 54.4 Å². The number of hydrogen-bond acceptors (Lipinski definition) is 6. The van der Waals surface area contributed by atoms with Gasteiger partial charge in [-0.1, -0.05) is 6.42 Å². The molecule has 2 aromatic rings. The third-order valence-electron chi connectivity index (χ3n) is 7.32. The number of methoxy groups -OCH3 is 1. The average Bonchev–Trinajstić information content (AvgIpc) is 2.80. The Hall–Kier alpha value is -2.64. The zero-order chi connectivity index (χ0) is 22.7. The SMILES string of the molecule is COCCNC(=O)c1ccc(Oc2ccc3c(c2)CCC2(CCN(C4CCC4)CC2)O3)nc1. The first-order valence-corrected chi connectivity index (χ1v) is 12.1. The third kappa shape index (κ3) is 4.99. The van der Waals surface area contributed by atoms with Gasteiger partial charge in [0.25, 0.3) is 5.91 Å². The molecule has 7 heteroatoms. The van der Waals surface area contributed by atoms with E-state index in [-0.39, 0.29) is 11.5 Å². The van der Waals surface area contributed by atoms with Crippen LogP contribution in [0, 0.1) is 0 Å². The van der Waals surface area contributed by atoms with E-state index in [9.17, 15) is 4.79 Å². The quantitative estimate of drug-likeness (QED) is 0.643. The minimum atomic E-state index is -0.176. The monoisotopic (exact) mass is 451 g/mol. The summed E-state index contributed by atoms with van der Waals surface area (Å²) in [6.45, 7) is 3.26. The molecule has 1 aromatic carbocycles. The van der Waals surface area contributed by atoms with Crippen molar-refractivity contribution in [3.05, 3.63) is 47.7 Å². The summed E-state index contributed by atoms with van der Waals surface area (Å²) >= 11 is 0. The molecule has 1 saturated heterocycles. The van der Waals surface area contributed by atoms with Crippen molar-refractivity contribution in [2.75, 3.05) is 33.4 Å². The first-order chi connectivity index (χ1) is 16.1. The van der Waals surface area contributed by atoms with Crippen LogP contribution in [0.4, 0.5) is 0 Å². The second-order valence-corrected chi connectivity index (χ2v) is 9.41. The zero-order valence-electron chi connectivity index (χ0n) is 19.3. The molecule has 33 heavy (non-hydrogen) atoms. The number of fused-ring (bicyclic) bond motifs is 1. The molecule has 3 aliphatic rings. The number of rotatable bonds is 7. The fourth-order valence-corrected chi connectivity index (χ4v) is 5.03. The van der Waals surface area contributed by atoms with Crippen LogP contribution in [-0.4, -0.2) is 60.8 Å². The number of carbonyl (C=O) groups is 1. The lowest BCUT2D eigenvalue weighted by atomic mass is 9.81. The Morgan fingerprint density at radius 2 is 2.06 bits per heavy atom. The van der Waals surface area contributed by atoms with E-state index in [4.69, 9.17) is 14.2 Å². The number of benzene rings is 1. The molecule has 1 N–H and O–H groups in total. The van der Waals surface area contributed by atoms with Crippen molar-refractivity contribution in [3.63, 3.8) is 0 Å². The van der Waals surface area contributed by atoms with Crippen molar-refractivity contribution in [1.82, 2.24) is 15.2 Å². The second-order valence-electron chi connectivity index (χ2n) is 9.41. The van der Waals surface area contributed by atoms with Crippen molar-refractivity contribution in [2.24, 2.45) is 0 Å². The molecule has 0 bridgehead atoms. The number of hydrogen-bond donors (Lipinski definition) is 1. The number of likely N-dealkylation sites (tertiary alicyclic amines) is 1. The second kappa shape index (κ2) is 9.69. The summed E-state index contributed by atoms with van der Waals surface area (Å²) < 4.78 is 17.5. The summed E-state index contributed by atoms with van der Waals surface area (Å²) in [4.78, 5) is 19.0. The van der Waals surface area contributed by atoms with Gasteiger partial charge in [0.15, 0.2) is 0 Å². The highest BCUT2D eigenvalue weighted by Crippen LogP contribution is 2.42. The van der Waals surface area contributed by atoms with E-state index in [2.05, 4.69) is 21.3 Å². The number of carbonyl (C=O) groups excluding carboxylic acids is 1. The molecule has 7 nitrogen and oxygen atoms in total. The maximum Gasteiger partial charge on any atom is 0.252 e. The zero-order valence-corrected chi connectivity index (χ0v) is 19.3.